The normalized spacial score (nSPS) is 12.5. The topological polar surface area (TPSA) is 48.5 Å². The van der Waals surface area contributed by atoms with Crippen LogP contribution in [0.4, 0.5) is 0 Å². The second-order valence-corrected chi connectivity index (χ2v) is 10.9. The van der Waals surface area contributed by atoms with Crippen molar-refractivity contribution in [2.45, 2.75) is 40.2 Å². The minimum Gasteiger partial charge on any atom is -0.492 e. The third-order valence-corrected chi connectivity index (χ3v) is 8.05. The van der Waals surface area contributed by atoms with E-state index in [0.717, 1.165) is 43.9 Å². The molecular weight excluding hydrogens is 478 g/mol. The van der Waals surface area contributed by atoms with Crippen LogP contribution in [0.5, 0.6) is 5.75 Å². The number of hydrogen-bond acceptors (Lipinski definition) is 4. The SMILES string of the molecule is Cc1ccc2c(c1)c(/C=c1\sc3nc4ccccc4n3c1=O)c(C)n2CCOc1ccc(C(C)C)cc1. The highest BCUT2D eigenvalue weighted by Gasteiger charge is 2.15. The number of aromatic nitrogens is 3. The molecule has 6 aromatic rings. The van der Waals surface area contributed by atoms with Gasteiger partial charge in [-0.2, -0.15) is 0 Å². The van der Waals surface area contributed by atoms with E-state index >= 15 is 0 Å². The molecule has 37 heavy (non-hydrogen) atoms. The van der Waals surface area contributed by atoms with Gasteiger partial charge in [0.2, 0.25) is 0 Å². The summed E-state index contributed by atoms with van der Waals surface area (Å²) in [5.74, 6) is 1.38. The molecule has 0 unspecified atom stereocenters. The molecule has 0 radical (unpaired) electrons. The molecule has 0 amide bonds. The summed E-state index contributed by atoms with van der Waals surface area (Å²) in [6, 6.07) is 22.6. The fraction of sp³-hybridized carbons (Fsp3) is 0.226. The molecule has 3 aromatic heterocycles. The number of ether oxygens (including phenoxy) is 1. The highest BCUT2D eigenvalue weighted by atomic mass is 32.1. The van der Waals surface area contributed by atoms with Crippen LogP contribution in [-0.2, 0) is 6.54 Å². The fourth-order valence-corrected chi connectivity index (χ4v) is 6.01. The Morgan fingerprint density at radius 3 is 2.57 bits per heavy atom. The van der Waals surface area contributed by atoms with Crippen LogP contribution in [0.15, 0.2) is 71.5 Å². The van der Waals surface area contributed by atoms with E-state index in [1.807, 2.05) is 42.5 Å². The van der Waals surface area contributed by atoms with Crippen LogP contribution in [0.1, 0.15) is 42.1 Å². The number of para-hydroxylation sites is 2. The van der Waals surface area contributed by atoms with Crippen LogP contribution in [0, 0.1) is 13.8 Å². The summed E-state index contributed by atoms with van der Waals surface area (Å²) in [4.78, 5) is 18.8. The maximum atomic E-state index is 13.4. The molecule has 6 rings (SSSR count). The first-order valence-corrected chi connectivity index (χ1v) is 13.5. The summed E-state index contributed by atoms with van der Waals surface area (Å²) in [7, 11) is 0. The Bertz CT molecular complexity index is 1870. The largest absolute Gasteiger partial charge is 0.492 e. The zero-order chi connectivity index (χ0) is 25.7. The maximum absolute atomic E-state index is 13.4. The number of thiazole rings is 1. The highest BCUT2D eigenvalue weighted by molar-refractivity contribution is 7.15. The van der Waals surface area contributed by atoms with Crippen molar-refractivity contribution in [3.05, 3.63) is 104 Å². The summed E-state index contributed by atoms with van der Waals surface area (Å²) in [6.07, 6.45) is 2.04. The van der Waals surface area contributed by atoms with Crippen molar-refractivity contribution >= 4 is 44.3 Å². The number of fused-ring (bicyclic) bond motifs is 4. The quantitative estimate of drug-likeness (QED) is 0.268. The van der Waals surface area contributed by atoms with Crippen molar-refractivity contribution in [3.63, 3.8) is 0 Å². The summed E-state index contributed by atoms with van der Waals surface area (Å²) in [5.41, 5.74) is 7.52. The van der Waals surface area contributed by atoms with Crippen LogP contribution in [0.25, 0.3) is 33.0 Å². The molecule has 0 N–H and O–H groups in total. The third-order valence-electron chi connectivity index (χ3n) is 7.08. The van der Waals surface area contributed by atoms with Crippen molar-refractivity contribution in [3.8, 4) is 5.75 Å². The molecule has 0 fully saturated rings. The summed E-state index contributed by atoms with van der Waals surface area (Å²) >= 11 is 1.44. The van der Waals surface area contributed by atoms with E-state index in [2.05, 4.69) is 67.6 Å². The molecule has 0 aliphatic rings. The molecule has 0 bridgehead atoms. The van der Waals surface area contributed by atoms with Gasteiger partial charge in [-0.05, 0) is 67.8 Å². The molecule has 0 spiro atoms. The molecule has 0 aliphatic heterocycles. The van der Waals surface area contributed by atoms with Crippen LogP contribution in [0.3, 0.4) is 0 Å². The molecule has 5 nitrogen and oxygen atoms in total. The van der Waals surface area contributed by atoms with Gasteiger partial charge in [0.05, 0.1) is 22.1 Å². The predicted octanol–water partition coefficient (Wildman–Crippen LogP) is 6.23. The van der Waals surface area contributed by atoms with E-state index in [4.69, 9.17) is 4.74 Å². The standard InChI is InChI=1S/C31H29N3O2S/c1-19(2)22-10-12-23(13-11-22)36-16-15-33-21(4)24(25-17-20(3)9-14-27(25)33)18-29-30(35)34-28-8-6-5-7-26(28)32-31(34)37-29/h5-14,17-19H,15-16H2,1-4H3/b29-18-. The molecule has 186 valence electrons. The monoisotopic (exact) mass is 507 g/mol. The Kier molecular flexibility index (Phi) is 5.84. The lowest BCUT2D eigenvalue weighted by atomic mass is 10.0. The minimum absolute atomic E-state index is 0.0187. The number of hydrogen-bond donors (Lipinski definition) is 0. The van der Waals surface area contributed by atoms with E-state index < -0.39 is 0 Å². The first-order chi connectivity index (χ1) is 17.9. The van der Waals surface area contributed by atoms with E-state index in [1.54, 1.807) is 4.40 Å². The second kappa shape index (κ2) is 9.20. The van der Waals surface area contributed by atoms with Crippen molar-refractivity contribution < 1.29 is 4.74 Å². The van der Waals surface area contributed by atoms with E-state index in [-0.39, 0.29) is 5.56 Å². The average molecular weight is 508 g/mol. The Balaban J connectivity index is 1.38. The molecular formula is C31H29N3O2S. The van der Waals surface area contributed by atoms with Gasteiger partial charge in [0, 0.05) is 22.2 Å². The van der Waals surface area contributed by atoms with Crippen molar-refractivity contribution in [1.82, 2.24) is 14.0 Å². The van der Waals surface area contributed by atoms with Gasteiger partial charge in [-0.1, -0.05) is 61.1 Å². The summed E-state index contributed by atoms with van der Waals surface area (Å²) in [6.45, 7) is 9.88. The molecule has 0 aliphatic carbocycles. The van der Waals surface area contributed by atoms with Gasteiger partial charge < -0.3 is 9.30 Å². The maximum Gasteiger partial charge on any atom is 0.274 e. The van der Waals surface area contributed by atoms with E-state index in [1.165, 1.54) is 22.5 Å². The number of benzene rings is 3. The lowest BCUT2D eigenvalue weighted by molar-refractivity contribution is 0.299. The van der Waals surface area contributed by atoms with E-state index in [0.29, 0.717) is 23.6 Å². The fourth-order valence-electron chi connectivity index (χ4n) is 5.04. The van der Waals surface area contributed by atoms with Crippen LogP contribution < -0.4 is 14.8 Å². The van der Waals surface area contributed by atoms with Gasteiger partial charge in [-0.3, -0.25) is 4.79 Å². The lowest BCUT2D eigenvalue weighted by Crippen LogP contribution is -2.22. The number of aryl methyl sites for hydroxylation is 1. The highest BCUT2D eigenvalue weighted by Crippen LogP contribution is 2.28. The van der Waals surface area contributed by atoms with Gasteiger partial charge in [0.25, 0.3) is 5.56 Å². The Labute approximate surface area is 219 Å². The average Bonchev–Trinajstić information content (AvgIpc) is 3.49. The summed E-state index contributed by atoms with van der Waals surface area (Å²) in [5, 5.41) is 1.15. The molecule has 3 aromatic carbocycles. The number of rotatable bonds is 6. The first-order valence-electron chi connectivity index (χ1n) is 12.6. The Morgan fingerprint density at radius 1 is 1.00 bits per heavy atom. The van der Waals surface area contributed by atoms with Gasteiger partial charge in [0.15, 0.2) is 4.96 Å². The third kappa shape index (κ3) is 4.11. The first kappa shape index (κ1) is 23.5. The van der Waals surface area contributed by atoms with E-state index in [9.17, 15) is 4.79 Å². The van der Waals surface area contributed by atoms with Gasteiger partial charge in [0.1, 0.15) is 12.4 Å². The molecule has 0 saturated carbocycles. The molecule has 0 atom stereocenters. The zero-order valence-electron chi connectivity index (χ0n) is 21.5. The van der Waals surface area contributed by atoms with Gasteiger partial charge in [-0.25, -0.2) is 9.38 Å². The van der Waals surface area contributed by atoms with Crippen molar-refractivity contribution in [2.75, 3.05) is 6.61 Å². The minimum atomic E-state index is -0.0187. The predicted molar refractivity (Wildman–Crippen MR) is 153 cm³/mol. The number of nitrogens with zero attached hydrogens (tertiary/aromatic N) is 3. The lowest BCUT2D eigenvalue weighted by Gasteiger charge is -2.11. The summed E-state index contributed by atoms with van der Waals surface area (Å²) < 4.78 is 10.8. The van der Waals surface area contributed by atoms with Gasteiger partial charge >= 0.3 is 0 Å². The van der Waals surface area contributed by atoms with Crippen LogP contribution >= 0.6 is 11.3 Å². The zero-order valence-corrected chi connectivity index (χ0v) is 22.3. The van der Waals surface area contributed by atoms with Crippen LogP contribution in [-0.4, -0.2) is 20.6 Å². The molecule has 3 heterocycles. The van der Waals surface area contributed by atoms with Crippen LogP contribution in [0.2, 0.25) is 0 Å². The smallest absolute Gasteiger partial charge is 0.274 e. The molecule has 6 heteroatoms. The Morgan fingerprint density at radius 2 is 1.78 bits per heavy atom. The molecule has 0 saturated heterocycles. The van der Waals surface area contributed by atoms with Crippen molar-refractivity contribution in [2.24, 2.45) is 0 Å². The van der Waals surface area contributed by atoms with Gasteiger partial charge in [-0.15, -0.1) is 0 Å². The Hall–Kier alpha value is -3.90. The second-order valence-electron chi connectivity index (χ2n) is 9.88. The number of imidazole rings is 1. The van der Waals surface area contributed by atoms with Crippen molar-refractivity contribution in [1.29, 1.82) is 0 Å².